The van der Waals surface area contributed by atoms with Gasteiger partial charge in [-0.05, 0) is 37.1 Å². The lowest BCUT2D eigenvalue weighted by Crippen LogP contribution is -2.49. The Morgan fingerprint density at radius 1 is 1.03 bits per heavy atom. The number of imidazole rings is 1. The highest BCUT2D eigenvalue weighted by molar-refractivity contribution is 7.88. The van der Waals surface area contributed by atoms with Crippen LogP contribution in [0, 0.1) is 0 Å². The fraction of sp³-hybridized carbons (Fsp3) is 0.435. The molecule has 1 amide bonds. The third kappa shape index (κ3) is 4.32. The number of anilines is 1. The van der Waals surface area contributed by atoms with Gasteiger partial charge in [0.25, 0.3) is 5.91 Å². The number of carbonyl (C=O) groups excluding carboxylic acids is 1. The monoisotopic (exact) mass is 468 g/mol. The maximum absolute atomic E-state index is 13.5. The fourth-order valence-corrected chi connectivity index (χ4v) is 5.75. The first-order valence-electron chi connectivity index (χ1n) is 11.3. The molecule has 2 aliphatic heterocycles. The summed E-state index contributed by atoms with van der Waals surface area (Å²) in [5.41, 5.74) is 2.32. The van der Waals surface area contributed by atoms with Gasteiger partial charge in [-0.15, -0.1) is 0 Å². The van der Waals surface area contributed by atoms with E-state index in [0.717, 1.165) is 43.0 Å². The maximum Gasteiger partial charge on any atom is 0.274 e. The van der Waals surface area contributed by atoms with Gasteiger partial charge in [0, 0.05) is 69.5 Å². The molecule has 0 N–H and O–H groups in total. The number of piperidine rings is 1. The second-order valence-corrected chi connectivity index (χ2v) is 10.7. The molecule has 9 nitrogen and oxygen atoms in total. The van der Waals surface area contributed by atoms with E-state index < -0.39 is 10.0 Å². The average Bonchev–Trinajstić information content (AvgIpc) is 3.24. The first-order valence-corrected chi connectivity index (χ1v) is 13.1. The minimum Gasteiger partial charge on any atom is -0.368 e. The van der Waals surface area contributed by atoms with E-state index in [9.17, 15) is 13.2 Å². The molecule has 2 saturated heterocycles. The van der Waals surface area contributed by atoms with Gasteiger partial charge in [-0.1, -0.05) is 6.07 Å². The molecule has 0 spiro atoms. The molecule has 0 unspecified atom stereocenters. The van der Waals surface area contributed by atoms with E-state index in [0.29, 0.717) is 31.9 Å². The zero-order valence-electron chi connectivity index (χ0n) is 18.7. The zero-order chi connectivity index (χ0) is 23.0. The number of carbonyl (C=O) groups is 1. The SMILES string of the molecule is CS(=O)(=O)N1CCC[C@@H](c2nc(C(=O)N3CCN(c4ccncc4)CC3)c3ccccn23)C1. The second-order valence-electron chi connectivity index (χ2n) is 8.72. The summed E-state index contributed by atoms with van der Waals surface area (Å²) in [6.07, 6.45) is 8.34. The molecule has 1 atom stereocenters. The molecule has 174 valence electrons. The van der Waals surface area contributed by atoms with Crippen LogP contribution in [0.1, 0.15) is 35.1 Å². The van der Waals surface area contributed by atoms with Crippen molar-refractivity contribution < 1.29 is 13.2 Å². The van der Waals surface area contributed by atoms with Crippen LogP contribution in [0.5, 0.6) is 0 Å². The molecule has 33 heavy (non-hydrogen) atoms. The summed E-state index contributed by atoms with van der Waals surface area (Å²) in [6.45, 7) is 3.67. The number of piperazine rings is 1. The molecule has 0 aromatic carbocycles. The molecular formula is C23H28N6O3S. The third-order valence-electron chi connectivity index (χ3n) is 6.59. The van der Waals surface area contributed by atoms with Crippen molar-refractivity contribution in [2.75, 3.05) is 50.4 Å². The molecule has 2 fully saturated rings. The number of sulfonamides is 1. The van der Waals surface area contributed by atoms with Gasteiger partial charge in [-0.25, -0.2) is 17.7 Å². The van der Waals surface area contributed by atoms with Crippen LogP contribution < -0.4 is 4.90 Å². The number of hydrogen-bond acceptors (Lipinski definition) is 6. The van der Waals surface area contributed by atoms with Crippen LogP contribution in [0.4, 0.5) is 5.69 Å². The first-order chi connectivity index (χ1) is 15.9. The lowest BCUT2D eigenvalue weighted by molar-refractivity contribution is 0.0743. The largest absolute Gasteiger partial charge is 0.368 e. The molecule has 3 aromatic rings. The molecule has 0 radical (unpaired) electrons. The quantitative estimate of drug-likeness (QED) is 0.580. The summed E-state index contributed by atoms with van der Waals surface area (Å²) >= 11 is 0. The summed E-state index contributed by atoms with van der Waals surface area (Å²) in [4.78, 5) is 26.5. The van der Waals surface area contributed by atoms with Crippen molar-refractivity contribution in [1.82, 2.24) is 23.6 Å². The molecule has 0 saturated carbocycles. The van der Waals surface area contributed by atoms with Crippen molar-refractivity contribution in [2.45, 2.75) is 18.8 Å². The zero-order valence-corrected chi connectivity index (χ0v) is 19.5. The standard InChI is InChI=1S/C23H28N6O3S/c1-33(31,32)28-11-4-5-18(17-28)22-25-21(20-6-2-3-12-29(20)22)23(30)27-15-13-26(14-16-27)19-7-9-24-10-8-19/h2-3,6-10,12,18H,4-5,11,13-17H2,1H3/t18-/m1/s1. The fourth-order valence-electron chi connectivity index (χ4n) is 4.83. The van der Waals surface area contributed by atoms with Crippen molar-refractivity contribution in [1.29, 1.82) is 0 Å². The Hall–Kier alpha value is -2.98. The summed E-state index contributed by atoms with van der Waals surface area (Å²) in [5.74, 6) is 0.640. The van der Waals surface area contributed by atoms with Crippen LogP contribution in [0.3, 0.4) is 0 Å². The number of fused-ring (bicyclic) bond motifs is 1. The number of hydrogen-bond donors (Lipinski definition) is 0. The van der Waals surface area contributed by atoms with Crippen molar-refractivity contribution in [3.63, 3.8) is 0 Å². The molecule has 0 aliphatic carbocycles. The normalized spacial score (nSPS) is 20.3. The van der Waals surface area contributed by atoms with E-state index in [1.165, 1.54) is 10.6 Å². The number of aromatic nitrogens is 3. The van der Waals surface area contributed by atoms with Crippen molar-refractivity contribution >= 4 is 27.1 Å². The predicted molar refractivity (Wildman–Crippen MR) is 126 cm³/mol. The average molecular weight is 469 g/mol. The Morgan fingerprint density at radius 2 is 1.79 bits per heavy atom. The van der Waals surface area contributed by atoms with Crippen LogP contribution >= 0.6 is 0 Å². The van der Waals surface area contributed by atoms with Gasteiger partial charge in [0.05, 0.1) is 11.8 Å². The van der Waals surface area contributed by atoms with Gasteiger partial charge >= 0.3 is 0 Å². The van der Waals surface area contributed by atoms with Crippen LogP contribution in [0.15, 0.2) is 48.9 Å². The summed E-state index contributed by atoms with van der Waals surface area (Å²) in [6, 6.07) is 9.70. The Balaban J connectivity index is 1.39. The van der Waals surface area contributed by atoms with Gasteiger partial charge in [-0.3, -0.25) is 9.78 Å². The highest BCUT2D eigenvalue weighted by Gasteiger charge is 2.32. The summed E-state index contributed by atoms with van der Waals surface area (Å²) in [7, 11) is -3.26. The lowest BCUT2D eigenvalue weighted by atomic mass is 9.99. The maximum atomic E-state index is 13.5. The topological polar surface area (TPSA) is 91.1 Å². The number of amides is 1. The van der Waals surface area contributed by atoms with E-state index in [2.05, 4.69) is 9.88 Å². The first kappa shape index (κ1) is 21.8. The highest BCUT2D eigenvalue weighted by Crippen LogP contribution is 2.30. The Kier molecular flexibility index (Phi) is 5.79. The minimum absolute atomic E-state index is 0.0477. The summed E-state index contributed by atoms with van der Waals surface area (Å²) < 4.78 is 27.7. The van der Waals surface area contributed by atoms with Crippen LogP contribution in [-0.4, -0.2) is 83.4 Å². The number of rotatable bonds is 4. The van der Waals surface area contributed by atoms with E-state index in [4.69, 9.17) is 4.98 Å². The second kappa shape index (κ2) is 8.75. The Labute approximate surface area is 193 Å². The molecule has 3 aromatic heterocycles. The minimum atomic E-state index is -3.26. The van der Waals surface area contributed by atoms with Crippen LogP contribution in [0.2, 0.25) is 0 Å². The van der Waals surface area contributed by atoms with Gasteiger partial charge < -0.3 is 14.2 Å². The molecular weight excluding hydrogens is 440 g/mol. The molecule has 0 bridgehead atoms. The molecule has 10 heteroatoms. The smallest absolute Gasteiger partial charge is 0.274 e. The number of nitrogens with zero attached hydrogens (tertiary/aromatic N) is 6. The van der Waals surface area contributed by atoms with Crippen LogP contribution in [0.25, 0.3) is 5.52 Å². The van der Waals surface area contributed by atoms with Gasteiger partial charge in [-0.2, -0.15) is 0 Å². The van der Waals surface area contributed by atoms with E-state index >= 15 is 0 Å². The van der Waals surface area contributed by atoms with E-state index in [-0.39, 0.29) is 11.8 Å². The lowest BCUT2D eigenvalue weighted by Gasteiger charge is -2.35. The van der Waals surface area contributed by atoms with E-state index in [1.54, 1.807) is 12.4 Å². The van der Waals surface area contributed by atoms with Crippen molar-refractivity contribution in [3.05, 3.63) is 60.4 Å². The van der Waals surface area contributed by atoms with Gasteiger partial charge in [0.1, 0.15) is 5.82 Å². The van der Waals surface area contributed by atoms with E-state index in [1.807, 2.05) is 45.8 Å². The molecule has 5 rings (SSSR count). The Morgan fingerprint density at radius 3 is 2.52 bits per heavy atom. The predicted octanol–water partition coefficient (Wildman–Crippen LogP) is 1.83. The highest BCUT2D eigenvalue weighted by atomic mass is 32.2. The van der Waals surface area contributed by atoms with Gasteiger partial charge in [0.15, 0.2) is 5.69 Å². The van der Waals surface area contributed by atoms with Crippen molar-refractivity contribution in [3.8, 4) is 0 Å². The number of pyridine rings is 2. The molecule has 2 aliphatic rings. The molecule has 5 heterocycles. The third-order valence-corrected chi connectivity index (χ3v) is 7.86. The van der Waals surface area contributed by atoms with Crippen molar-refractivity contribution in [2.24, 2.45) is 0 Å². The van der Waals surface area contributed by atoms with Gasteiger partial charge in [0.2, 0.25) is 10.0 Å². The summed E-state index contributed by atoms with van der Waals surface area (Å²) in [5, 5.41) is 0. The van der Waals surface area contributed by atoms with Crippen LogP contribution in [-0.2, 0) is 10.0 Å². The Bertz CT molecular complexity index is 1250.